The Morgan fingerprint density at radius 3 is 2.47 bits per heavy atom. The lowest BCUT2D eigenvalue weighted by molar-refractivity contribution is -0.126. The van der Waals surface area contributed by atoms with Gasteiger partial charge in [-0.15, -0.1) is 0 Å². The molecule has 3 N–H and O–H groups in total. The second-order valence-corrected chi connectivity index (χ2v) is 13.1. The normalized spacial score (nSPS) is 32.3. The summed E-state index contributed by atoms with van der Waals surface area (Å²) >= 11 is 6.03. The summed E-state index contributed by atoms with van der Waals surface area (Å²) in [7, 11) is 0. The van der Waals surface area contributed by atoms with Crippen LogP contribution in [0.5, 0.6) is 0 Å². The standard InChI is InChI=1S/C29H32ClF3N2O3/c1-27(2,3)13-22-29(16-9-19(32)17(30)10-20(16)34-26(29)37)23(15-6-5-7-18(31)24(15)33)25(35-22)21(36)8-14-11-28(4,38)12-14/h5-7,9-10,14,22-23,25,35,38H,8,11-13H2,1-4H3,(H,34,37)/t14?,22-,23-,25-,28?,29+/m0/s1. The zero-order chi connectivity index (χ0) is 27.8. The van der Waals surface area contributed by atoms with Crippen molar-refractivity contribution in [3.05, 3.63) is 63.9 Å². The molecule has 0 aromatic heterocycles. The first-order chi connectivity index (χ1) is 17.6. The number of fused-ring (bicyclic) bond motifs is 2. The van der Waals surface area contributed by atoms with Crippen LogP contribution in [0.4, 0.5) is 18.9 Å². The Balaban J connectivity index is 1.71. The number of hydrogen-bond acceptors (Lipinski definition) is 4. The van der Waals surface area contributed by atoms with Crippen molar-refractivity contribution >= 4 is 29.0 Å². The minimum atomic E-state index is -1.60. The summed E-state index contributed by atoms with van der Waals surface area (Å²) in [6.07, 6.45) is 1.41. The van der Waals surface area contributed by atoms with E-state index in [1.807, 2.05) is 20.8 Å². The van der Waals surface area contributed by atoms with Crippen molar-refractivity contribution in [1.29, 1.82) is 0 Å². The molecule has 2 aliphatic heterocycles. The van der Waals surface area contributed by atoms with Crippen LogP contribution < -0.4 is 10.6 Å². The molecule has 0 unspecified atom stereocenters. The summed E-state index contributed by atoms with van der Waals surface area (Å²) in [6, 6.07) is 4.47. The van der Waals surface area contributed by atoms with Crippen molar-refractivity contribution in [2.24, 2.45) is 11.3 Å². The molecule has 9 heteroatoms. The van der Waals surface area contributed by atoms with E-state index in [1.165, 1.54) is 24.3 Å². The topological polar surface area (TPSA) is 78.4 Å². The van der Waals surface area contributed by atoms with Crippen LogP contribution in [0, 0.1) is 28.8 Å². The van der Waals surface area contributed by atoms with Gasteiger partial charge in [0, 0.05) is 24.1 Å². The van der Waals surface area contributed by atoms with Gasteiger partial charge >= 0.3 is 0 Å². The minimum Gasteiger partial charge on any atom is -0.390 e. The molecule has 0 radical (unpaired) electrons. The first kappa shape index (κ1) is 27.2. The van der Waals surface area contributed by atoms with E-state index in [4.69, 9.17) is 11.6 Å². The number of rotatable bonds is 5. The Kier molecular flexibility index (Phi) is 6.48. The maximum absolute atomic E-state index is 15.5. The number of benzene rings is 2. The van der Waals surface area contributed by atoms with Crippen LogP contribution in [-0.4, -0.2) is 34.5 Å². The molecule has 1 saturated heterocycles. The third kappa shape index (κ3) is 4.34. The van der Waals surface area contributed by atoms with Crippen LogP contribution in [0.15, 0.2) is 30.3 Å². The number of carbonyl (C=O) groups excluding carboxylic acids is 2. The molecule has 2 heterocycles. The van der Waals surface area contributed by atoms with Gasteiger partial charge in [-0.25, -0.2) is 13.2 Å². The van der Waals surface area contributed by atoms with E-state index in [9.17, 15) is 23.5 Å². The smallest absolute Gasteiger partial charge is 0.237 e. The molecule has 1 amide bonds. The molecule has 0 bridgehead atoms. The third-order valence-electron chi connectivity index (χ3n) is 8.31. The molecule has 1 spiro atoms. The Labute approximate surface area is 225 Å². The molecule has 4 atom stereocenters. The number of amides is 1. The zero-order valence-corrected chi connectivity index (χ0v) is 22.6. The monoisotopic (exact) mass is 548 g/mol. The highest BCUT2D eigenvalue weighted by atomic mass is 35.5. The Bertz CT molecular complexity index is 1320. The predicted octanol–water partition coefficient (Wildman–Crippen LogP) is 5.63. The Morgan fingerprint density at radius 2 is 1.84 bits per heavy atom. The Morgan fingerprint density at radius 1 is 1.16 bits per heavy atom. The summed E-state index contributed by atoms with van der Waals surface area (Å²) < 4.78 is 45.0. The molecule has 1 saturated carbocycles. The van der Waals surface area contributed by atoms with E-state index in [0.717, 1.165) is 6.07 Å². The van der Waals surface area contributed by atoms with E-state index >= 15 is 4.39 Å². The van der Waals surface area contributed by atoms with Crippen LogP contribution >= 0.6 is 11.6 Å². The Hall–Kier alpha value is -2.42. The fourth-order valence-electron chi connectivity index (χ4n) is 6.96. The van der Waals surface area contributed by atoms with Crippen molar-refractivity contribution in [3.8, 4) is 0 Å². The van der Waals surface area contributed by atoms with Gasteiger partial charge in [0.25, 0.3) is 0 Å². The summed E-state index contributed by atoms with van der Waals surface area (Å²) in [5.41, 5.74) is -2.35. The first-order valence-corrected chi connectivity index (χ1v) is 13.3. The van der Waals surface area contributed by atoms with Gasteiger partial charge < -0.3 is 15.7 Å². The zero-order valence-electron chi connectivity index (χ0n) is 21.8. The second-order valence-electron chi connectivity index (χ2n) is 12.7. The molecule has 2 fully saturated rings. The molecule has 2 aromatic carbocycles. The highest BCUT2D eigenvalue weighted by Crippen LogP contribution is 2.57. The van der Waals surface area contributed by atoms with Gasteiger partial charge in [-0.3, -0.25) is 9.59 Å². The average Bonchev–Trinajstić information content (AvgIpc) is 3.24. The first-order valence-electron chi connectivity index (χ1n) is 12.9. The number of hydrogen-bond donors (Lipinski definition) is 3. The number of carbonyl (C=O) groups is 2. The number of aliphatic hydroxyl groups is 1. The molecular formula is C29H32ClF3N2O3. The number of anilines is 1. The number of ketones is 1. The summed E-state index contributed by atoms with van der Waals surface area (Å²) in [5.74, 6) is -4.98. The lowest BCUT2D eigenvalue weighted by atomic mass is 9.61. The lowest BCUT2D eigenvalue weighted by Crippen LogP contribution is -2.49. The summed E-state index contributed by atoms with van der Waals surface area (Å²) in [4.78, 5) is 27.9. The maximum atomic E-state index is 15.5. The van der Waals surface area contributed by atoms with Crippen molar-refractivity contribution in [2.75, 3.05) is 5.32 Å². The van der Waals surface area contributed by atoms with Crippen molar-refractivity contribution in [2.45, 2.75) is 82.4 Å². The van der Waals surface area contributed by atoms with Gasteiger partial charge in [0.15, 0.2) is 17.4 Å². The van der Waals surface area contributed by atoms with Gasteiger partial charge in [-0.05, 0) is 66.8 Å². The fraction of sp³-hybridized carbons (Fsp3) is 0.517. The van der Waals surface area contributed by atoms with Gasteiger partial charge in [-0.2, -0.15) is 0 Å². The van der Waals surface area contributed by atoms with Crippen molar-refractivity contribution in [3.63, 3.8) is 0 Å². The third-order valence-corrected chi connectivity index (χ3v) is 8.60. The van der Waals surface area contributed by atoms with Gasteiger partial charge in [0.05, 0.1) is 16.7 Å². The van der Waals surface area contributed by atoms with Crippen LogP contribution in [0.2, 0.25) is 5.02 Å². The minimum absolute atomic E-state index is 0.0594. The van der Waals surface area contributed by atoms with E-state index in [-0.39, 0.29) is 45.4 Å². The van der Waals surface area contributed by atoms with Gasteiger partial charge in [-0.1, -0.05) is 44.5 Å². The second kappa shape index (κ2) is 9.07. The van der Waals surface area contributed by atoms with Crippen LogP contribution in [0.1, 0.15) is 70.4 Å². The van der Waals surface area contributed by atoms with Crippen molar-refractivity contribution in [1.82, 2.24) is 5.32 Å². The van der Waals surface area contributed by atoms with E-state index < -0.39 is 52.4 Å². The van der Waals surface area contributed by atoms with Gasteiger partial charge in [0.1, 0.15) is 11.2 Å². The average molecular weight is 549 g/mol. The van der Waals surface area contributed by atoms with E-state index in [1.54, 1.807) is 6.92 Å². The van der Waals surface area contributed by atoms with Gasteiger partial charge in [0.2, 0.25) is 5.91 Å². The SMILES string of the molecule is CC(C)(C)C[C@@H]1N[C@@H](C(=O)CC2CC(C)(O)C2)[C@H](c2cccc(F)c2F)[C@]12C(=O)Nc1cc(Cl)c(F)cc12. The maximum Gasteiger partial charge on any atom is 0.237 e. The molecule has 204 valence electrons. The lowest BCUT2D eigenvalue weighted by Gasteiger charge is -2.41. The van der Waals surface area contributed by atoms with Crippen LogP contribution in [0.3, 0.4) is 0 Å². The van der Waals surface area contributed by atoms with Crippen LogP contribution in [-0.2, 0) is 15.0 Å². The molecule has 3 aliphatic rings. The highest BCUT2D eigenvalue weighted by Gasteiger charge is 2.66. The molecular weight excluding hydrogens is 517 g/mol. The molecule has 1 aliphatic carbocycles. The van der Waals surface area contributed by atoms with E-state index in [2.05, 4.69) is 10.6 Å². The van der Waals surface area contributed by atoms with E-state index in [0.29, 0.717) is 19.3 Å². The highest BCUT2D eigenvalue weighted by molar-refractivity contribution is 6.31. The van der Waals surface area contributed by atoms with Crippen molar-refractivity contribution < 1.29 is 27.9 Å². The predicted molar refractivity (Wildman–Crippen MR) is 139 cm³/mol. The summed E-state index contributed by atoms with van der Waals surface area (Å²) in [6.45, 7) is 7.63. The van der Waals surface area contributed by atoms with Crippen LogP contribution in [0.25, 0.3) is 0 Å². The number of nitrogens with one attached hydrogen (secondary N) is 2. The molecule has 2 aromatic rings. The number of Topliss-reactive ketones (excluding diaryl/α,β-unsaturated/α-hetero) is 1. The molecule has 38 heavy (non-hydrogen) atoms. The summed E-state index contributed by atoms with van der Waals surface area (Å²) in [5, 5.41) is 16.1. The molecule has 5 nitrogen and oxygen atoms in total. The fourth-order valence-corrected chi connectivity index (χ4v) is 7.12. The molecule has 5 rings (SSSR count). The largest absolute Gasteiger partial charge is 0.390 e. The quantitative estimate of drug-likeness (QED) is 0.453. The number of halogens is 4.